The fraction of sp³-hybridized carbons (Fsp3) is 0.562. The van der Waals surface area contributed by atoms with Gasteiger partial charge in [0.2, 0.25) is 0 Å². The summed E-state index contributed by atoms with van der Waals surface area (Å²) in [5.74, 6) is -0.302. The molecule has 0 aliphatic rings. The molecule has 0 bridgehead atoms. The van der Waals surface area contributed by atoms with Gasteiger partial charge in [-0.2, -0.15) is 0 Å². The van der Waals surface area contributed by atoms with Crippen LogP contribution >= 0.6 is 0 Å². The van der Waals surface area contributed by atoms with Crippen molar-refractivity contribution in [2.45, 2.75) is 45.3 Å². The first-order chi connectivity index (χ1) is 9.22. The molecule has 0 aliphatic heterocycles. The monoisotopic (exact) mass is 279 g/mol. The molecule has 1 aromatic carbocycles. The summed E-state index contributed by atoms with van der Waals surface area (Å²) >= 11 is 0. The average molecular weight is 279 g/mol. The minimum absolute atomic E-state index is 0.302. The standard InChI is InChI=1S/C16H25NO3/c1-12-8-7-9-13(10-12)17-16(4,14(18)19-5)11-15(2,3)20-6/h7-10,17H,11H2,1-6H3. The molecule has 112 valence electrons. The molecule has 0 radical (unpaired) electrons. The topological polar surface area (TPSA) is 47.6 Å². The zero-order valence-electron chi connectivity index (χ0n) is 13.2. The Hall–Kier alpha value is -1.55. The van der Waals surface area contributed by atoms with Crippen molar-refractivity contribution >= 4 is 11.7 Å². The third-order valence-corrected chi connectivity index (χ3v) is 3.41. The molecule has 1 aromatic rings. The summed E-state index contributed by atoms with van der Waals surface area (Å²) in [6.07, 6.45) is 0.497. The van der Waals surface area contributed by atoms with Crippen LogP contribution in [0.25, 0.3) is 0 Å². The molecule has 0 aromatic heterocycles. The molecule has 20 heavy (non-hydrogen) atoms. The van der Waals surface area contributed by atoms with Crippen LogP contribution in [0.2, 0.25) is 0 Å². The number of benzene rings is 1. The van der Waals surface area contributed by atoms with E-state index in [4.69, 9.17) is 9.47 Å². The predicted molar refractivity (Wildman–Crippen MR) is 80.9 cm³/mol. The van der Waals surface area contributed by atoms with Crippen molar-refractivity contribution in [1.82, 2.24) is 0 Å². The van der Waals surface area contributed by atoms with Crippen molar-refractivity contribution < 1.29 is 14.3 Å². The molecule has 0 fully saturated rings. The van der Waals surface area contributed by atoms with Gasteiger partial charge >= 0.3 is 5.97 Å². The minimum Gasteiger partial charge on any atom is -0.467 e. The number of aryl methyl sites for hydroxylation is 1. The van der Waals surface area contributed by atoms with Crippen LogP contribution in [-0.2, 0) is 14.3 Å². The first-order valence-corrected chi connectivity index (χ1v) is 6.71. The van der Waals surface area contributed by atoms with E-state index in [1.165, 1.54) is 7.11 Å². The maximum absolute atomic E-state index is 12.2. The van der Waals surface area contributed by atoms with Gasteiger partial charge in [-0.3, -0.25) is 0 Å². The zero-order chi connectivity index (χ0) is 15.4. The van der Waals surface area contributed by atoms with Gasteiger partial charge in [-0.1, -0.05) is 12.1 Å². The fourth-order valence-corrected chi connectivity index (χ4v) is 2.36. The van der Waals surface area contributed by atoms with Crippen LogP contribution in [0.3, 0.4) is 0 Å². The van der Waals surface area contributed by atoms with Crippen molar-refractivity contribution in [3.63, 3.8) is 0 Å². The van der Waals surface area contributed by atoms with E-state index in [0.29, 0.717) is 6.42 Å². The van der Waals surface area contributed by atoms with Crippen LogP contribution < -0.4 is 5.32 Å². The Balaban J connectivity index is 3.03. The summed E-state index contributed by atoms with van der Waals surface area (Å²) in [7, 11) is 3.04. The van der Waals surface area contributed by atoms with E-state index in [2.05, 4.69) is 5.32 Å². The van der Waals surface area contributed by atoms with E-state index in [1.54, 1.807) is 7.11 Å². The Morgan fingerprint density at radius 2 is 1.90 bits per heavy atom. The number of esters is 1. The molecule has 1 rings (SSSR count). The van der Waals surface area contributed by atoms with E-state index < -0.39 is 11.1 Å². The van der Waals surface area contributed by atoms with Crippen molar-refractivity contribution in [3.8, 4) is 0 Å². The quantitative estimate of drug-likeness (QED) is 0.813. The van der Waals surface area contributed by atoms with Gasteiger partial charge in [0.1, 0.15) is 5.54 Å². The zero-order valence-corrected chi connectivity index (χ0v) is 13.2. The van der Waals surface area contributed by atoms with Crippen molar-refractivity contribution in [1.29, 1.82) is 0 Å². The number of nitrogens with one attached hydrogen (secondary N) is 1. The largest absolute Gasteiger partial charge is 0.467 e. The molecule has 0 amide bonds. The number of carbonyl (C=O) groups excluding carboxylic acids is 1. The molecule has 1 unspecified atom stereocenters. The van der Waals surface area contributed by atoms with Gasteiger partial charge < -0.3 is 14.8 Å². The minimum atomic E-state index is -0.845. The average Bonchev–Trinajstić information content (AvgIpc) is 2.37. The molecule has 0 aliphatic carbocycles. The highest BCUT2D eigenvalue weighted by Crippen LogP contribution is 2.28. The van der Waals surface area contributed by atoms with Gasteiger partial charge in [0, 0.05) is 19.2 Å². The van der Waals surface area contributed by atoms with Crippen molar-refractivity contribution in [2.75, 3.05) is 19.5 Å². The predicted octanol–water partition coefficient (Wildman–Crippen LogP) is 3.15. The van der Waals surface area contributed by atoms with Gasteiger partial charge in [-0.15, -0.1) is 0 Å². The molecule has 4 nitrogen and oxygen atoms in total. The fourth-order valence-electron chi connectivity index (χ4n) is 2.36. The summed E-state index contributed by atoms with van der Waals surface area (Å²) in [6, 6.07) is 7.91. The molecular weight excluding hydrogens is 254 g/mol. The lowest BCUT2D eigenvalue weighted by Crippen LogP contribution is -2.49. The van der Waals surface area contributed by atoms with E-state index in [0.717, 1.165) is 11.3 Å². The lowest BCUT2D eigenvalue weighted by molar-refractivity contribution is -0.148. The van der Waals surface area contributed by atoms with Crippen LogP contribution in [0, 0.1) is 6.92 Å². The van der Waals surface area contributed by atoms with E-state index >= 15 is 0 Å². The van der Waals surface area contributed by atoms with Crippen LogP contribution in [0.15, 0.2) is 24.3 Å². The normalized spacial score (nSPS) is 14.5. The Morgan fingerprint density at radius 3 is 2.40 bits per heavy atom. The maximum Gasteiger partial charge on any atom is 0.331 e. The van der Waals surface area contributed by atoms with Crippen LogP contribution in [0.1, 0.15) is 32.8 Å². The maximum atomic E-state index is 12.2. The highest BCUT2D eigenvalue weighted by molar-refractivity contribution is 5.84. The third-order valence-electron chi connectivity index (χ3n) is 3.41. The first kappa shape index (κ1) is 16.5. The number of hydrogen-bond donors (Lipinski definition) is 1. The highest BCUT2D eigenvalue weighted by Gasteiger charge is 2.40. The summed E-state index contributed by atoms with van der Waals surface area (Å²) in [5.41, 5.74) is 0.750. The van der Waals surface area contributed by atoms with Gasteiger partial charge in [0.25, 0.3) is 0 Å². The summed E-state index contributed by atoms with van der Waals surface area (Å²) in [4.78, 5) is 12.2. The lowest BCUT2D eigenvalue weighted by atomic mass is 9.87. The van der Waals surface area contributed by atoms with E-state index in [9.17, 15) is 4.79 Å². The number of carbonyl (C=O) groups is 1. The summed E-state index contributed by atoms with van der Waals surface area (Å²) in [5, 5.41) is 3.28. The van der Waals surface area contributed by atoms with E-state index in [-0.39, 0.29) is 5.97 Å². The number of ether oxygens (including phenoxy) is 2. The lowest BCUT2D eigenvalue weighted by Gasteiger charge is -2.36. The molecule has 4 heteroatoms. The van der Waals surface area contributed by atoms with Gasteiger partial charge in [-0.05, 0) is 45.4 Å². The second-order valence-electron chi connectivity index (χ2n) is 5.96. The third kappa shape index (κ3) is 4.23. The van der Waals surface area contributed by atoms with Gasteiger partial charge in [0.15, 0.2) is 0 Å². The van der Waals surface area contributed by atoms with E-state index in [1.807, 2.05) is 52.0 Å². The Morgan fingerprint density at radius 1 is 1.25 bits per heavy atom. The van der Waals surface area contributed by atoms with Gasteiger partial charge in [-0.25, -0.2) is 4.79 Å². The summed E-state index contributed by atoms with van der Waals surface area (Å²) in [6.45, 7) is 7.75. The number of methoxy groups -OCH3 is 2. The van der Waals surface area contributed by atoms with Crippen LogP contribution in [0.4, 0.5) is 5.69 Å². The smallest absolute Gasteiger partial charge is 0.331 e. The van der Waals surface area contributed by atoms with Crippen molar-refractivity contribution in [2.24, 2.45) is 0 Å². The SMILES string of the molecule is COC(=O)C(C)(CC(C)(C)OC)Nc1cccc(C)c1. The number of rotatable bonds is 6. The second kappa shape index (κ2) is 6.27. The van der Waals surface area contributed by atoms with Crippen LogP contribution in [0.5, 0.6) is 0 Å². The molecule has 1 atom stereocenters. The highest BCUT2D eigenvalue weighted by atomic mass is 16.5. The molecule has 0 saturated carbocycles. The Kier molecular flexibility index (Phi) is 5.17. The Labute approximate surface area is 121 Å². The second-order valence-corrected chi connectivity index (χ2v) is 5.96. The number of anilines is 1. The van der Waals surface area contributed by atoms with Crippen molar-refractivity contribution in [3.05, 3.63) is 29.8 Å². The molecule has 0 saturated heterocycles. The van der Waals surface area contributed by atoms with Crippen LogP contribution in [-0.4, -0.2) is 31.3 Å². The summed E-state index contributed by atoms with van der Waals surface area (Å²) < 4.78 is 10.4. The molecule has 1 N–H and O–H groups in total. The molecule has 0 heterocycles. The first-order valence-electron chi connectivity index (χ1n) is 6.71. The Bertz CT molecular complexity index is 471. The van der Waals surface area contributed by atoms with Gasteiger partial charge in [0.05, 0.1) is 12.7 Å². The molecular formula is C16H25NO3. The molecule has 0 spiro atoms. The number of hydrogen-bond acceptors (Lipinski definition) is 4.